The van der Waals surface area contributed by atoms with E-state index in [4.69, 9.17) is 5.11 Å². The van der Waals surface area contributed by atoms with E-state index in [2.05, 4.69) is 15.6 Å². The number of carboxylic acid groups (broad SMARTS) is 1. The van der Waals surface area contributed by atoms with Gasteiger partial charge in [0.05, 0.1) is 0 Å². The minimum absolute atomic E-state index is 0.338. The number of aliphatic imine (C=N–C) groups is 1. The second-order valence-electron chi connectivity index (χ2n) is 3.31. The lowest BCUT2D eigenvalue weighted by atomic mass is 10.3. The number of hydrogen-bond donors (Lipinski definition) is 3. The van der Waals surface area contributed by atoms with Crippen molar-refractivity contribution in [1.29, 1.82) is 0 Å². The third-order valence-electron chi connectivity index (χ3n) is 1.85. The normalized spacial score (nSPS) is 15.3. The van der Waals surface area contributed by atoms with E-state index in [1.807, 2.05) is 30.4 Å². The van der Waals surface area contributed by atoms with E-state index in [1.54, 1.807) is 30.5 Å². The molecule has 0 bridgehead atoms. The molecule has 0 aromatic heterocycles. The SMILES string of the molecule is O=C(O)NC1=CC=CC=CC=CC=CC=NC=CN1. The summed E-state index contributed by atoms with van der Waals surface area (Å²) < 4.78 is 0. The van der Waals surface area contributed by atoms with E-state index in [0.29, 0.717) is 5.82 Å². The van der Waals surface area contributed by atoms with Gasteiger partial charge in [0.1, 0.15) is 5.82 Å². The Morgan fingerprint density at radius 1 is 1.05 bits per heavy atom. The van der Waals surface area contributed by atoms with Crippen LogP contribution in [0, 0.1) is 0 Å². The van der Waals surface area contributed by atoms with Crippen LogP contribution >= 0.6 is 0 Å². The molecule has 98 valence electrons. The molecule has 0 saturated heterocycles. The molecule has 19 heavy (non-hydrogen) atoms. The fourth-order valence-corrected chi connectivity index (χ4v) is 1.10. The molecule has 5 nitrogen and oxygen atoms in total. The lowest BCUT2D eigenvalue weighted by Crippen LogP contribution is -2.27. The molecule has 1 aliphatic rings. The van der Waals surface area contributed by atoms with Crippen LogP contribution in [0.3, 0.4) is 0 Å². The predicted molar refractivity (Wildman–Crippen MR) is 76.6 cm³/mol. The van der Waals surface area contributed by atoms with Gasteiger partial charge in [-0.15, -0.1) is 0 Å². The van der Waals surface area contributed by atoms with Gasteiger partial charge in [0, 0.05) is 18.6 Å². The molecular weight excluding hydrogens is 242 g/mol. The van der Waals surface area contributed by atoms with Crippen LogP contribution in [-0.4, -0.2) is 17.4 Å². The van der Waals surface area contributed by atoms with Gasteiger partial charge in [-0.2, -0.15) is 0 Å². The van der Waals surface area contributed by atoms with Crippen molar-refractivity contribution in [3.8, 4) is 0 Å². The maximum Gasteiger partial charge on any atom is 0.410 e. The Morgan fingerprint density at radius 2 is 1.68 bits per heavy atom. The van der Waals surface area contributed by atoms with E-state index < -0.39 is 6.09 Å². The Hall–Kier alpha value is -2.82. The highest BCUT2D eigenvalue weighted by Crippen LogP contribution is 1.89. The number of hydrogen-bond acceptors (Lipinski definition) is 3. The first-order valence-electron chi connectivity index (χ1n) is 5.60. The average Bonchev–Trinajstić information content (AvgIpc) is 2.38. The van der Waals surface area contributed by atoms with Crippen molar-refractivity contribution in [2.45, 2.75) is 0 Å². The quantitative estimate of drug-likeness (QED) is 0.675. The average molecular weight is 257 g/mol. The van der Waals surface area contributed by atoms with Crippen molar-refractivity contribution in [2.75, 3.05) is 0 Å². The van der Waals surface area contributed by atoms with E-state index >= 15 is 0 Å². The zero-order valence-corrected chi connectivity index (χ0v) is 10.2. The second kappa shape index (κ2) is 9.23. The highest BCUT2D eigenvalue weighted by molar-refractivity contribution is 5.72. The second-order valence-corrected chi connectivity index (χ2v) is 3.31. The van der Waals surface area contributed by atoms with Crippen molar-refractivity contribution in [3.05, 3.63) is 72.9 Å². The summed E-state index contributed by atoms with van der Waals surface area (Å²) in [7, 11) is 0. The van der Waals surface area contributed by atoms with Crippen molar-refractivity contribution >= 4 is 12.3 Å². The van der Waals surface area contributed by atoms with Gasteiger partial charge in [0.15, 0.2) is 0 Å². The summed E-state index contributed by atoms with van der Waals surface area (Å²) in [6.45, 7) is 0. The molecule has 0 radical (unpaired) electrons. The largest absolute Gasteiger partial charge is 0.465 e. The lowest BCUT2D eigenvalue weighted by molar-refractivity contribution is 0.197. The van der Waals surface area contributed by atoms with Crippen molar-refractivity contribution in [3.63, 3.8) is 0 Å². The number of rotatable bonds is 1. The third kappa shape index (κ3) is 7.98. The molecule has 0 aliphatic carbocycles. The zero-order chi connectivity index (χ0) is 13.8. The third-order valence-corrected chi connectivity index (χ3v) is 1.85. The van der Waals surface area contributed by atoms with Crippen molar-refractivity contribution in [1.82, 2.24) is 10.6 Å². The number of nitrogens with one attached hydrogen (secondary N) is 2. The molecule has 0 unspecified atom stereocenters. The number of amides is 1. The Labute approximate surface area is 111 Å². The smallest absolute Gasteiger partial charge is 0.410 e. The molecule has 1 amide bonds. The van der Waals surface area contributed by atoms with Gasteiger partial charge in [-0.25, -0.2) is 4.79 Å². The van der Waals surface area contributed by atoms with E-state index in [9.17, 15) is 4.79 Å². The van der Waals surface area contributed by atoms with Gasteiger partial charge in [0.2, 0.25) is 0 Å². The van der Waals surface area contributed by atoms with Crippen LogP contribution in [-0.2, 0) is 0 Å². The van der Waals surface area contributed by atoms with E-state index in [-0.39, 0.29) is 0 Å². The van der Waals surface area contributed by atoms with Gasteiger partial charge in [-0.1, -0.05) is 42.5 Å². The van der Waals surface area contributed by atoms with Gasteiger partial charge >= 0.3 is 6.09 Å². The van der Waals surface area contributed by atoms with Gasteiger partial charge in [-0.05, 0) is 12.2 Å². The molecule has 1 aliphatic heterocycles. The van der Waals surface area contributed by atoms with E-state index in [0.717, 1.165) is 0 Å². The Bertz CT molecular complexity index is 495. The molecule has 3 N–H and O–H groups in total. The van der Waals surface area contributed by atoms with Crippen LogP contribution in [0.4, 0.5) is 4.79 Å². The van der Waals surface area contributed by atoms with Crippen LogP contribution in [0.5, 0.6) is 0 Å². The van der Waals surface area contributed by atoms with E-state index in [1.165, 1.54) is 12.4 Å². The molecule has 0 spiro atoms. The minimum atomic E-state index is -1.14. The molecule has 0 fully saturated rings. The summed E-state index contributed by atoms with van der Waals surface area (Å²) in [5.41, 5.74) is 0. The van der Waals surface area contributed by atoms with Crippen molar-refractivity contribution < 1.29 is 9.90 Å². The highest BCUT2D eigenvalue weighted by atomic mass is 16.4. The fourth-order valence-electron chi connectivity index (χ4n) is 1.10. The molecule has 1 rings (SSSR count). The molecule has 0 aromatic carbocycles. The summed E-state index contributed by atoms with van der Waals surface area (Å²) in [5, 5.41) is 13.7. The Morgan fingerprint density at radius 3 is 2.37 bits per heavy atom. The molecular formula is C14H15N3O2. The standard InChI is InChI=1S/C14H15N3O2/c18-14(19)17-13-9-7-5-3-1-2-4-6-8-10-15-11-12-16-13/h1-12,16-17H,(H,18,19). The minimum Gasteiger partial charge on any atom is -0.465 e. The summed E-state index contributed by atoms with van der Waals surface area (Å²) in [6.07, 6.45) is 19.8. The van der Waals surface area contributed by atoms with Crippen LogP contribution in [0.1, 0.15) is 0 Å². The lowest BCUT2D eigenvalue weighted by Gasteiger charge is -2.04. The highest BCUT2D eigenvalue weighted by Gasteiger charge is 1.96. The number of carbonyl (C=O) groups is 1. The first-order chi connectivity index (χ1) is 9.29. The van der Waals surface area contributed by atoms with Gasteiger partial charge in [0.25, 0.3) is 0 Å². The monoisotopic (exact) mass is 257 g/mol. The molecule has 1 heterocycles. The number of nitrogens with zero attached hydrogens (tertiary/aromatic N) is 1. The maximum absolute atomic E-state index is 10.6. The molecule has 0 saturated carbocycles. The summed E-state index contributed by atoms with van der Waals surface area (Å²) in [6, 6.07) is 0. The maximum atomic E-state index is 10.6. The van der Waals surface area contributed by atoms with Gasteiger partial charge < -0.3 is 10.4 Å². The Balaban J connectivity index is 2.82. The molecule has 0 aromatic rings. The van der Waals surface area contributed by atoms with Crippen LogP contribution in [0.2, 0.25) is 0 Å². The van der Waals surface area contributed by atoms with Crippen LogP contribution < -0.4 is 10.6 Å². The van der Waals surface area contributed by atoms with Crippen molar-refractivity contribution in [2.24, 2.45) is 4.99 Å². The predicted octanol–water partition coefficient (Wildman–Crippen LogP) is 2.47. The van der Waals surface area contributed by atoms with Crippen LogP contribution in [0.25, 0.3) is 0 Å². The summed E-state index contributed by atoms with van der Waals surface area (Å²) >= 11 is 0. The first-order valence-corrected chi connectivity index (χ1v) is 5.60. The van der Waals surface area contributed by atoms with Gasteiger partial charge in [-0.3, -0.25) is 10.3 Å². The Kier molecular flexibility index (Phi) is 6.92. The summed E-state index contributed by atoms with van der Waals surface area (Å²) in [5.74, 6) is 0.338. The topological polar surface area (TPSA) is 73.7 Å². The first kappa shape index (κ1) is 14.2. The molecule has 0 atom stereocenters. The zero-order valence-electron chi connectivity index (χ0n) is 10.2. The molecule has 5 heteroatoms. The van der Waals surface area contributed by atoms with Crippen LogP contribution in [0.15, 0.2) is 77.9 Å². The summed E-state index contributed by atoms with van der Waals surface area (Å²) in [4.78, 5) is 14.6. The number of allylic oxidation sites excluding steroid dienone is 9. The fraction of sp³-hybridized carbons (Fsp3) is 0.